The Kier molecular flexibility index (Phi) is 7.23. The van der Waals surface area contributed by atoms with Crippen molar-refractivity contribution in [2.45, 2.75) is 37.9 Å². The fourth-order valence-electron chi connectivity index (χ4n) is 4.60. The van der Waals surface area contributed by atoms with Gasteiger partial charge in [-0.1, -0.05) is 38.1 Å². The van der Waals surface area contributed by atoms with E-state index in [0.29, 0.717) is 24.5 Å². The third-order valence-electron chi connectivity index (χ3n) is 6.36. The summed E-state index contributed by atoms with van der Waals surface area (Å²) in [5, 5.41) is 9.64. The molecule has 0 fully saturated rings. The highest BCUT2D eigenvalue weighted by Gasteiger charge is 2.33. The second-order valence-corrected chi connectivity index (χ2v) is 10.8. The summed E-state index contributed by atoms with van der Waals surface area (Å²) in [6, 6.07) is 17.2. The smallest absolute Gasteiger partial charge is 0.321 e. The van der Waals surface area contributed by atoms with Gasteiger partial charge in [0.05, 0.1) is 14.2 Å². The lowest BCUT2D eigenvalue weighted by atomic mass is 10.0. The van der Waals surface area contributed by atoms with Gasteiger partial charge in [0, 0.05) is 24.8 Å². The summed E-state index contributed by atoms with van der Waals surface area (Å²) in [5.74, 6) is -0.114. The number of hydrogen-bond donors (Lipinski definition) is 2. The number of fused-ring (bicyclic) bond motifs is 1. The predicted molar refractivity (Wildman–Crippen MR) is 138 cm³/mol. The summed E-state index contributed by atoms with van der Waals surface area (Å²) in [7, 11) is -0.975. The Bertz CT molecular complexity index is 1370. The molecule has 1 atom stereocenters. The molecule has 1 heterocycles. The van der Waals surface area contributed by atoms with Crippen LogP contribution in [0.3, 0.4) is 0 Å². The van der Waals surface area contributed by atoms with Gasteiger partial charge in [-0.3, -0.25) is 14.4 Å². The lowest BCUT2D eigenvalue weighted by molar-refractivity contribution is -0.145. The van der Waals surface area contributed by atoms with Crippen LogP contribution < -0.4 is 14.2 Å². The van der Waals surface area contributed by atoms with Gasteiger partial charge in [0.15, 0.2) is 0 Å². The Labute approximate surface area is 211 Å². The van der Waals surface area contributed by atoms with Crippen molar-refractivity contribution in [3.05, 3.63) is 71.8 Å². The van der Waals surface area contributed by atoms with Gasteiger partial charge >= 0.3 is 5.97 Å². The van der Waals surface area contributed by atoms with Crippen molar-refractivity contribution < 1.29 is 27.8 Å². The molecule has 8 nitrogen and oxygen atoms in total. The number of ether oxygens (including phenoxy) is 2. The number of methoxy groups -OCH3 is 2. The largest absolute Gasteiger partial charge is 0.497 e. The van der Waals surface area contributed by atoms with E-state index in [9.17, 15) is 18.3 Å². The number of nitrogens with zero attached hydrogens (tertiary/aromatic N) is 1. The minimum absolute atomic E-state index is 0.00508. The summed E-state index contributed by atoms with van der Waals surface area (Å²) in [6.45, 7) is 5.04. The van der Waals surface area contributed by atoms with Crippen LogP contribution in [0.4, 0.5) is 5.69 Å². The third kappa shape index (κ3) is 5.17. The standard InChI is InChI=1S/C27H30N2O6S/c1-17(2)26(27(30)31)29-15-20-6-5-19(13-21(20)16-29)18-7-9-22(10-8-18)28-36(32,33)25-12-11-23(34-3)14-24(25)35-4/h5-14,17,26,28H,15-16H2,1-4H3,(H,30,31). The molecule has 36 heavy (non-hydrogen) atoms. The molecule has 190 valence electrons. The van der Waals surface area contributed by atoms with Gasteiger partial charge in [-0.25, -0.2) is 8.42 Å². The summed E-state index contributed by atoms with van der Waals surface area (Å²) in [6.07, 6.45) is 0. The minimum Gasteiger partial charge on any atom is -0.497 e. The van der Waals surface area contributed by atoms with Crippen LogP contribution in [0.25, 0.3) is 11.1 Å². The second-order valence-electron chi connectivity index (χ2n) is 9.12. The lowest BCUT2D eigenvalue weighted by Gasteiger charge is -2.26. The Morgan fingerprint density at radius 3 is 2.19 bits per heavy atom. The molecular weight excluding hydrogens is 480 g/mol. The number of sulfonamides is 1. The first-order valence-electron chi connectivity index (χ1n) is 11.6. The van der Waals surface area contributed by atoms with Gasteiger partial charge in [0.25, 0.3) is 10.0 Å². The van der Waals surface area contributed by atoms with Crippen LogP contribution >= 0.6 is 0 Å². The topological polar surface area (TPSA) is 105 Å². The SMILES string of the molecule is COc1ccc(S(=O)(=O)Nc2ccc(-c3ccc4c(c3)CN(C(C(=O)O)C(C)C)C4)cc2)c(OC)c1. The number of nitrogens with one attached hydrogen (secondary N) is 1. The average molecular weight is 511 g/mol. The van der Waals surface area contributed by atoms with E-state index in [0.717, 1.165) is 22.3 Å². The highest BCUT2D eigenvalue weighted by molar-refractivity contribution is 7.92. The van der Waals surface area contributed by atoms with Gasteiger partial charge in [0.1, 0.15) is 22.4 Å². The molecule has 3 aromatic carbocycles. The number of benzene rings is 3. The van der Waals surface area contributed by atoms with Crippen LogP contribution in [0.1, 0.15) is 25.0 Å². The fraction of sp³-hybridized carbons (Fsp3) is 0.296. The van der Waals surface area contributed by atoms with E-state index in [1.165, 1.54) is 26.4 Å². The number of rotatable bonds is 9. The van der Waals surface area contributed by atoms with Crippen molar-refractivity contribution in [2.75, 3.05) is 18.9 Å². The van der Waals surface area contributed by atoms with Crippen LogP contribution in [0.15, 0.2) is 65.6 Å². The number of carboxylic acids is 1. The Morgan fingerprint density at radius 2 is 1.58 bits per heavy atom. The molecule has 2 N–H and O–H groups in total. The van der Waals surface area contributed by atoms with Gasteiger partial charge in [-0.2, -0.15) is 0 Å². The zero-order valence-corrected chi connectivity index (χ0v) is 21.5. The molecule has 1 aliphatic heterocycles. The van der Waals surface area contributed by atoms with E-state index in [2.05, 4.69) is 10.8 Å². The van der Waals surface area contributed by atoms with E-state index in [-0.39, 0.29) is 16.6 Å². The van der Waals surface area contributed by atoms with E-state index in [1.54, 1.807) is 18.2 Å². The van der Waals surface area contributed by atoms with E-state index in [1.807, 2.05) is 43.0 Å². The molecule has 4 rings (SSSR count). The number of carbonyl (C=O) groups is 1. The van der Waals surface area contributed by atoms with Crippen molar-refractivity contribution in [1.82, 2.24) is 4.90 Å². The molecule has 1 unspecified atom stereocenters. The first kappa shape index (κ1) is 25.5. The van der Waals surface area contributed by atoms with Gasteiger partial charge in [-0.15, -0.1) is 0 Å². The molecule has 0 aliphatic carbocycles. The van der Waals surface area contributed by atoms with Gasteiger partial charge in [-0.05, 0) is 58.5 Å². The molecule has 0 radical (unpaired) electrons. The van der Waals surface area contributed by atoms with E-state index >= 15 is 0 Å². The highest BCUT2D eigenvalue weighted by atomic mass is 32.2. The number of carboxylic acid groups (broad SMARTS) is 1. The number of anilines is 1. The quantitative estimate of drug-likeness (QED) is 0.434. The highest BCUT2D eigenvalue weighted by Crippen LogP contribution is 2.33. The molecule has 9 heteroatoms. The van der Waals surface area contributed by atoms with Crippen molar-refractivity contribution in [2.24, 2.45) is 5.92 Å². The summed E-state index contributed by atoms with van der Waals surface area (Å²) in [4.78, 5) is 13.8. The van der Waals surface area contributed by atoms with Crippen molar-refractivity contribution in [1.29, 1.82) is 0 Å². The first-order valence-corrected chi connectivity index (χ1v) is 13.0. The predicted octanol–water partition coefficient (Wildman–Crippen LogP) is 4.60. The third-order valence-corrected chi connectivity index (χ3v) is 7.78. The average Bonchev–Trinajstić information content (AvgIpc) is 3.25. The lowest BCUT2D eigenvalue weighted by Crippen LogP contribution is -2.41. The maximum atomic E-state index is 13.0. The maximum Gasteiger partial charge on any atom is 0.321 e. The van der Waals surface area contributed by atoms with Crippen LogP contribution in [-0.2, 0) is 27.9 Å². The Morgan fingerprint density at radius 1 is 0.917 bits per heavy atom. The van der Waals surface area contributed by atoms with Crippen molar-refractivity contribution in [3.63, 3.8) is 0 Å². The van der Waals surface area contributed by atoms with Crippen LogP contribution in [-0.4, -0.2) is 44.7 Å². The summed E-state index contributed by atoms with van der Waals surface area (Å²) < 4.78 is 38.9. The number of aliphatic carboxylic acids is 1. The van der Waals surface area contributed by atoms with Crippen LogP contribution in [0, 0.1) is 5.92 Å². The Balaban J connectivity index is 1.52. The molecule has 1 aliphatic rings. The zero-order valence-electron chi connectivity index (χ0n) is 20.7. The van der Waals surface area contributed by atoms with Crippen LogP contribution in [0.5, 0.6) is 11.5 Å². The van der Waals surface area contributed by atoms with E-state index < -0.39 is 22.0 Å². The number of hydrogen-bond acceptors (Lipinski definition) is 6. The first-order chi connectivity index (χ1) is 17.1. The van der Waals surface area contributed by atoms with Crippen molar-refractivity contribution in [3.8, 4) is 22.6 Å². The zero-order chi connectivity index (χ0) is 26.0. The Hall–Kier alpha value is -3.56. The fourth-order valence-corrected chi connectivity index (χ4v) is 5.81. The van der Waals surface area contributed by atoms with Crippen molar-refractivity contribution >= 4 is 21.7 Å². The second kappa shape index (κ2) is 10.2. The molecule has 0 spiro atoms. The molecular formula is C27H30N2O6S. The summed E-state index contributed by atoms with van der Waals surface area (Å²) in [5.41, 5.74) is 4.57. The minimum atomic E-state index is -3.88. The normalized spacial score (nSPS) is 14.4. The molecule has 0 saturated carbocycles. The molecule has 3 aromatic rings. The van der Waals surface area contributed by atoms with Crippen LogP contribution in [0.2, 0.25) is 0 Å². The van der Waals surface area contributed by atoms with Gasteiger partial charge in [0.2, 0.25) is 0 Å². The molecule has 0 bridgehead atoms. The van der Waals surface area contributed by atoms with Gasteiger partial charge < -0.3 is 14.6 Å². The molecule has 0 amide bonds. The maximum absolute atomic E-state index is 13.0. The van der Waals surface area contributed by atoms with E-state index in [4.69, 9.17) is 9.47 Å². The molecule has 0 saturated heterocycles. The monoisotopic (exact) mass is 510 g/mol. The summed E-state index contributed by atoms with van der Waals surface area (Å²) >= 11 is 0. The molecule has 0 aromatic heterocycles.